The van der Waals surface area contributed by atoms with Crippen LogP contribution in [0.1, 0.15) is 19.8 Å². The smallest absolute Gasteiger partial charge is 0.414 e. The van der Waals surface area contributed by atoms with Crippen LogP contribution in [0.3, 0.4) is 0 Å². The van der Waals surface area contributed by atoms with E-state index < -0.39 is 12.1 Å². The Morgan fingerprint density at radius 2 is 1.87 bits per heavy atom. The van der Waals surface area contributed by atoms with Crippen LogP contribution >= 0.6 is 0 Å². The molecule has 1 rings (SSSR count). The molecule has 0 atom stereocenters. The second-order valence-electron chi connectivity index (χ2n) is 3.37. The predicted molar refractivity (Wildman–Crippen MR) is 53.1 cm³/mol. The van der Waals surface area contributed by atoms with Crippen LogP contribution in [0.5, 0.6) is 0 Å². The first kappa shape index (κ1) is 11.6. The SMILES string of the molecule is COC(=O)C(C)=COC(=O)N1CCCC1. The number of carbonyl (C=O) groups is 2. The van der Waals surface area contributed by atoms with Gasteiger partial charge in [-0.05, 0) is 19.8 Å². The molecule has 1 saturated heterocycles. The Hall–Kier alpha value is -1.52. The van der Waals surface area contributed by atoms with Crippen molar-refractivity contribution in [2.75, 3.05) is 20.2 Å². The lowest BCUT2D eigenvalue weighted by molar-refractivity contribution is -0.136. The van der Waals surface area contributed by atoms with Crippen LogP contribution in [0.4, 0.5) is 4.79 Å². The monoisotopic (exact) mass is 213 g/mol. The second kappa shape index (κ2) is 5.38. The minimum Gasteiger partial charge on any atom is -0.466 e. The van der Waals surface area contributed by atoms with Gasteiger partial charge >= 0.3 is 12.1 Å². The Labute approximate surface area is 88.6 Å². The number of esters is 1. The maximum Gasteiger partial charge on any atom is 0.414 e. The lowest BCUT2D eigenvalue weighted by Gasteiger charge is -2.12. The predicted octanol–water partition coefficient (Wildman–Crippen LogP) is 1.30. The first-order valence-electron chi connectivity index (χ1n) is 4.86. The molecule has 5 nitrogen and oxygen atoms in total. The van der Waals surface area contributed by atoms with E-state index in [1.54, 1.807) is 4.90 Å². The molecule has 0 unspecified atom stereocenters. The van der Waals surface area contributed by atoms with E-state index >= 15 is 0 Å². The van der Waals surface area contributed by atoms with Crippen molar-refractivity contribution in [1.82, 2.24) is 4.90 Å². The summed E-state index contributed by atoms with van der Waals surface area (Å²) in [6.07, 6.45) is 2.74. The molecular weight excluding hydrogens is 198 g/mol. The molecule has 0 radical (unpaired) electrons. The third kappa shape index (κ3) is 3.27. The molecule has 0 saturated carbocycles. The van der Waals surface area contributed by atoms with Gasteiger partial charge in [-0.2, -0.15) is 0 Å². The first-order valence-corrected chi connectivity index (χ1v) is 4.86. The largest absolute Gasteiger partial charge is 0.466 e. The summed E-state index contributed by atoms with van der Waals surface area (Å²) in [6, 6.07) is 0. The molecule has 1 aliphatic heterocycles. The van der Waals surface area contributed by atoms with Crippen molar-refractivity contribution in [1.29, 1.82) is 0 Å². The Kier molecular flexibility index (Phi) is 4.15. The number of nitrogens with zero attached hydrogens (tertiary/aromatic N) is 1. The summed E-state index contributed by atoms with van der Waals surface area (Å²) in [7, 11) is 1.28. The highest BCUT2D eigenvalue weighted by atomic mass is 16.6. The fourth-order valence-corrected chi connectivity index (χ4v) is 1.32. The molecule has 0 aromatic carbocycles. The van der Waals surface area contributed by atoms with E-state index in [1.807, 2.05) is 0 Å². The lowest BCUT2D eigenvalue weighted by Crippen LogP contribution is -2.27. The Morgan fingerprint density at radius 3 is 2.40 bits per heavy atom. The Morgan fingerprint density at radius 1 is 1.27 bits per heavy atom. The number of hydrogen-bond acceptors (Lipinski definition) is 4. The average Bonchev–Trinajstić information content (AvgIpc) is 2.77. The molecule has 1 aliphatic rings. The van der Waals surface area contributed by atoms with E-state index in [0.717, 1.165) is 32.2 Å². The van der Waals surface area contributed by atoms with Crippen molar-refractivity contribution in [3.8, 4) is 0 Å². The quantitative estimate of drug-likeness (QED) is 0.394. The van der Waals surface area contributed by atoms with E-state index in [9.17, 15) is 9.59 Å². The summed E-state index contributed by atoms with van der Waals surface area (Å²) in [4.78, 5) is 23.9. The number of methoxy groups -OCH3 is 1. The van der Waals surface area contributed by atoms with Gasteiger partial charge in [0.05, 0.1) is 12.7 Å². The van der Waals surface area contributed by atoms with Crippen LogP contribution in [-0.4, -0.2) is 37.2 Å². The summed E-state index contributed by atoms with van der Waals surface area (Å²) >= 11 is 0. The van der Waals surface area contributed by atoms with Crippen molar-refractivity contribution in [2.45, 2.75) is 19.8 Å². The van der Waals surface area contributed by atoms with Gasteiger partial charge in [-0.15, -0.1) is 0 Å². The minimum atomic E-state index is -0.496. The lowest BCUT2D eigenvalue weighted by atomic mass is 10.3. The molecule has 84 valence electrons. The van der Waals surface area contributed by atoms with E-state index in [4.69, 9.17) is 4.74 Å². The Bertz CT molecular complexity index is 279. The molecule has 1 fully saturated rings. The maximum atomic E-state index is 11.4. The molecule has 5 heteroatoms. The van der Waals surface area contributed by atoms with Crippen LogP contribution in [-0.2, 0) is 14.3 Å². The van der Waals surface area contributed by atoms with Gasteiger partial charge in [0, 0.05) is 13.1 Å². The first-order chi connectivity index (χ1) is 7.15. The minimum absolute atomic E-state index is 0.269. The van der Waals surface area contributed by atoms with Crippen LogP contribution in [0.25, 0.3) is 0 Å². The van der Waals surface area contributed by atoms with Gasteiger partial charge in [-0.3, -0.25) is 0 Å². The van der Waals surface area contributed by atoms with Gasteiger partial charge in [0.15, 0.2) is 0 Å². The summed E-state index contributed by atoms with van der Waals surface area (Å²) in [5.41, 5.74) is 0.269. The van der Waals surface area contributed by atoms with Crippen LogP contribution in [0.2, 0.25) is 0 Å². The number of rotatable bonds is 2. The molecular formula is C10H15NO4. The topological polar surface area (TPSA) is 55.8 Å². The van der Waals surface area contributed by atoms with Crippen LogP contribution in [0.15, 0.2) is 11.8 Å². The van der Waals surface area contributed by atoms with Gasteiger partial charge in [-0.1, -0.05) is 0 Å². The normalized spacial score (nSPS) is 16.4. The number of hydrogen-bond donors (Lipinski definition) is 0. The fraction of sp³-hybridized carbons (Fsp3) is 0.600. The van der Waals surface area contributed by atoms with Gasteiger partial charge in [-0.25, -0.2) is 9.59 Å². The highest BCUT2D eigenvalue weighted by Crippen LogP contribution is 2.09. The van der Waals surface area contributed by atoms with E-state index in [-0.39, 0.29) is 5.57 Å². The third-order valence-electron chi connectivity index (χ3n) is 2.21. The van der Waals surface area contributed by atoms with Crippen LogP contribution < -0.4 is 0 Å². The standard InChI is InChI=1S/C10H15NO4/c1-8(9(12)14-2)7-15-10(13)11-5-3-4-6-11/h7H,3-6H2,1-2H3. The molecule has 0 aromatic heterocycles. The van der Waals surface area contributed by atoms with Crippen molar-refractivity contribution >= 4 is 12.1 Å². The van der Waals surface area contributed by atoms with E-state index in [1.165, 1.54) is 14.0 Å². The molecule has 0 spiro atoms. The second-order valence-corrected chi connectivity index (χ2v) is 3.37. The van der Waals surface area contributed by atoms with Crippen molar-refractivity contribution in [2.24, 2.45) is 0 Å². The molecule has 1 amide bonds. The zero-order valence-corrected chi connectivity index (χ0v) is 8.99. The maximum absolute atomic E-state index is 11.4. The van der Waals surface area contributed by atoms with Crippen LogP contribution in [0, 0.1) is 0 Å². The summed E-state index contributed by atoms with van der Waals surface area (Å²) in [5, 5.41) is 0. The van der Waals surface area contributed by atoms with E-state index in [2.05, 4.69) is 4.74 Å². The molecule has 0 N–H and O–H groups in total. The summed E-state index contributed by atoms with van der Waals surface area (Å²) in [5.74, 6) is -0.496. The highest BCUT2D eigenvalue weighted by molar-refractivity contribution is 5.87. The molecule has 0 aliphatic carbocycles. The number of carbonyl (C=O) groups excluding carboxylic acids is 2. The summed E-state index contributed by atoms with van der Waals surface area (Å²) in [6.45, 7) is 2.98. The van der Waals surface area contributed by atoms with Gasteiger partial charge in [0.2, 0.25) is 0 Å². The Balaban J connectivity index is 2.41. The third-order valence-corrected chi connectivity index (χ3v) is 2.21. The van der Waals surface area contributed by atoms with Crippen molar-refractivity contribution < 1.29 is 19.1 Å². The molecule has 0 bridgehead atoms. The zero-order chi connectivity index (χ0) is 11.3. The van der Waals surface area contributed by atoms with Gasteiger partial charge < -0.3 is 14.4 Å². The van der Waals surface area contributed by atoms with Crippen molar-refractivity contribution in [3.05, 3.63) is 11.8 Å². The fourth-order valence-electron chi connectivity index (χ4n) is 1.32. The zero-order valence-electron chi connectivity index (χ0n) is 8.99. The molecule has 15 heavy (non-hydrogen) atoms. The van der Waals surface area contributed by atoms with Crippen molar-refractivity contribution in [3.63, 3.8) is 0 Å². The van der Waals surface area contributed by atoms with Gasteiger partial charge in [0.1, 0.15) is 6.26 Å². The highest BCUT2D eigenvalue weighted by Gasteiger charge is 2.18. The number of ether oxygens (including phenoxy) is 2. The molecule has 0 aromatic rings. The van der Waals surface area contributed by atoms with E-state index in [0.29, 0.717) is 0 Å². The average molecular weight is 213 g/mol. The van der Waals surface area contributed by atoms with Gasteiger partial charge in [0.25, 0.3) is 0 Å². The molecule has 1 heterocycles. The summed E-state index contributed by atoms with van der Waals surface area (Å²) < 4.78 is 9.29. The number of amides is 1. The number of likely N-dealkylation sites (tertiary alicyclic amines) is 1.